The smallest absolute Gasteiger partial charge is 0.277 e. The predicted octanol–water partition coefficient (Wildman–Crippen LogP) is 2.40. The van der Waals surface area contributed by atoms with E-state index in [9.17, 15) is 9.59 Å². The second-order valence-corrected chi connectivity index (χ2v) is 6.34. The normalized spacial score (nSPS) is 16.3. The van der Waals surface area contributed by atoms with Crippen LogP contribution in [0.4, 0.5) is 0 Å². The van der Waals surface area contributed by atoms with Gasteiger partial charge in [0.1, 0.15) is 15.4 Å². The van der Waals surface area contributed by atoms with Gasteiger partial charge in [-0.2, -0.15) is 0 Å². The van der Waals surface area contributed by atoms with Crippen LogP contribution in [0, 0.1) is 0 Å². The molecular weight excluding hydrogens is 335 g/mol. The number of H-pyrrole nitrogens is 1. The molecule has 0 bridgehead atoms. The first-order chi connectivity index (χ1) is 10.0. The highest BCUT2D eigenvalue weighted by molar-refractivity contribution is 7.08. The van der Waals surface area contributed by atoms with Gasteiger partial charge in [0.05, 0.1) is 13.2 Å². The Balaban J connectivity index is 1.87. The monoisotopic (exact) mass is 344 g/mol. The van der Waals surface area contributed by atoms with Gasteiger partial charge in [0.15, 0.2) is 0 Å². The van der Waals surface area contributed by atoms with Crippen LogP contribution in [-0.4, -0.2) is 23.5 Å². The maximum atomic E-state index is 12.3. The van der Waals surface area contributed by atoms with E-state index in [4.69, 9.17) is 27.9 Å². The molecule has 0 spiro atoms. The molecule has 2 heterocycles. The lowest BCUT2D eigenvalue weighted by atomic mass is 9.88. The lowest BCUT2D eigenvalue weighted by Crippen LogP contribution is -2.59. The SMILES string of the molecule is O=C(NC1(c2ccc(Cl)cc2)COC1)c1s[nH]c(=O)c1Cl. The van der Waals surface area contributed by atoms with Crippen LogP contribution in [-0.2, 0) is 10.3 Å². The zero-order valence-electron chi connectivity index (χ0n) is 10.6. The largest absolute Gasteiger partial charge is 0.376 e. The Labute approximate surface area is 134 Å². The second-order valence-electron chi connectivity index (χ2n) is 4.71. The lowest BCUT2D eigenvalue weighted by molar-refractivity contribution is -0.0733. The number of aromatic nitrogens is 1. The van der Waals surface area contributed by atoms with E-state index in [1.165, 1.54) is 0 Å². The predicted molar refractivity (Wildman–Crippen MR) is 81.4 cm³/mol. The number of carbonyl (C=O) groups is 1. The van der Waals surface area contributed by atoms with Gasteiger partial charge in [-0.15, -0.1) is 0 Å². The van der Waals surface area contributed by atoms with Gasteiger partial charge in [-0.05, 0) is 17.7 Å². The van der Waals surface area contributed by atoms with E-state index in [1.807, 2.05) is 12.1 Å². The first kappa shape index (κ1) is 14.6. The summed E-state index contributed by atoms with van der Waals surface area (Å²) in [4.78, 5) is 23.8. The molecule has 8 heteroatoms. The zero-order chi connectivity index (χ0) is 15.0. The van der Waals surface area contributed by atoms with E-state index in [0.717, 1.165) is 17.1 Å². The Morgan fingerprint density at radius 2 is 1.95 bits per heavy atom. The van der Waals surface area contributed by atoms with Crippen molar-refractivity contribution >= 4 is 40.6 Å². The summed E-state index contributed by atoms with van der Waals surface area (Å²) >= 11 is 12.6. The van der Waals surface area contributed by atoms with Crippen molar-refractivity contribution in [3.8, 4) is 0 Å². The van der Waals surface area contributed by atoms with E-state index in [2.05, 4.69) is 9.69 Å². The lowest BCUT2D eigenvalue weighted by Gasteiger charge is -2.42. The van der Waals surface area contributed by atoms with Crippen molar-refractivity contribution in [2.75, 3.05) is 13.2 Å². The molecule has 21 heavy (non-hydrogen) atoms. The third-order valence-electron chi connectivity index (χ3n) is 3.30. The fraction of sp³-hybridized carbons (Fsp3) is 0.231. The molecule has 0 aliphatic carbocycles. The summed E-state index contributed by atoms with van der Waals surface area (Å²) in [7, 11) is 0. The molecule has 1 aliphatic heterocycles. The molecule has 2 aromatic rings. The van der Waals surface area contributed by atoms with Gasteiger partial charge < -0.3 is 10.1 Å². The van der Waals surface area contributed by atoms with Gasteiger partial charge in [-0.1, -0.05) is 46.9 Å². The zero-order valence-corrected chi connectivity index (χ0v) is 12.9. The van der Waals surface area contributed by atoms with Crippen LogP contribution >= 0.6 is 34.7 Å². The molecule has 5 nitrogen and oxygen atoms in total. The molecule has 0 unspecified atom stereocenters. The molecule has 1 saturated heterocycles. The number of aromatic amines is 1. The van der Waals surface area contributed by atoms with E-state index in [0.29, 0.717) is 18.2 Å². The number of rotatable bonds is 3. The summed E-state index contributed by atoms with van der Waals surface area (Å²) in [6, 6.07) is 7.19. The third-order valence-corrected chi connectivity index (χ3v) is 4.90. The number of ether oxygens (including phenoxy) is 1. The van der Waals surface area contributed by atoms with Gasteiger partial charge in [0.25, 0.3) is 11.5 Å². The average Bonchev–Trinajstić information content (AvgIpc) is 2.75. The van der Waals surface area contributed by atoms with E-state index < -0.39 is 17.0 Å². The van der Waals surface area contributed by atoms with Gasteiger partial charge in [-0.3, -0.25) is 14.0 Å². The molecule has 0 radical (unpaired) electrons. The molecule has 0 saturated carbocycles. The number of amides is 1. The van der Waals surface area contributed by atoms with Gasteiger partial charge in [0, 0.05) is 5.02 Å². The molecule has 1 fully saturated rings. The summed E-state index contributed by atoms with van der Waals surface area (Å²) in [5.41, 5.74) is -0.180. The van der Waals surface area contributed by atoms with Crippen molar-refractivity contribution in [1.82, 2.24) is 9.69 Å². The van der Waals surface area contributed by atoms with Crippen LogP contribution in [0.1, 0.15) is 15.2 Å². The fourth-order valence-corrected chi connectivity index (χ4v) is 3.15. The van der Waals surface area contributed by atoms with Crippen LogP contribution in [0.2, 0.25) is 10.0 Å². The Kier molecular flexibility index (Phi) is 3.79. The number of hydrogen-bond donors (Lipinski definition) is 2. The molecule has 1 amide bonds. The fourth-order valence-electron chi connectivity index (χ4n) is 2.10. The minimum atomic E-state index is -0.613. The summed E-state index contributed by atoms with van der Waals surface area (Å²) in [5, 5.41) is 3.42. The molecular formula is C13H10Cl2N2O3S. The first-order valence-electron chi connectivity index (χ1n) is 6.05. The van der Waals surface area contributed by atoms with Crippen LogP contribution < -0.4 is 10.9 Å². The van der Waals surface area contributed by atoms with Gasteiger partial charge in [0.2, 0.25) is 0 Å². The van der Waals surface area contributed by atoms with E-state index in [-0.39, 0.29) is 9.90 Å². The highest BCUT2D eigenvalue weighted by atomic mass is 35.5. The summed E-state index contributed by atoms with van der Waals surface area (Å²) in [6.45, 7) is 0.717. The third kappa shape index (κ3) is 2.60. The van der Waals surface area contributed by atoms with Crippen molar-refractivity contribution in [2.24, 2.45) is 0 Å². The summed E-state index contributed by atoms with van der Waals surface area (Å²) in [5.74, 6) is -0.401. The van der Waals surface area contributed by atoms with Gasteiger partial charge in [-0.25, -0.2) is 0 Å². The summed E-state index contributed by atoms with van der Waals surface area (Å²) in [6.07, 6.45) is 0. The van der Waals surface area contributed by atoms with Crippen LogP contribution in [0.5, 0.6) is 0 Å². The standard InChI is InChI=1S/C13H10Cl2N2O3S/c14-8-3-1-7(2-4-8)13(5-20-6-13)16-12(19)10-9(15)11(18)17-21-10/h1-4H,5-6H2,(H,16,19)(H,17,18). The van der Waals surface area contributed by atoms with Crippen molar-refractivity contribution < 1.29 is 9.53 Å². The van der Waals surface area contributed by atoms with Crippen molar-refractivity contribution in [2.45, 2.75) is 5.54 Å². The Hall–Kier alpha value is -1.34. The highest BCUT2D eigenvalue weighted by Crippen LogP contribution is 2.31. The number of carbonyl (C=O) groups excluding carboxylic acids is 1. The minimum absolute atomic E-state index is 0.0935. The maximum absolute atomic E-state index is 12.3. The van der Waals surface area contributed by atoms with Gasteiger partial charge >= 0.3 is 0 Å². The van der Waals surface area contributed by atoms with Crippen LogP contribution in [0.25, 0.3) is 0 Å². The van der Waals surface area contributed by atoms with E-state index in [1.54, 1.807) is 12.1 Å². The molecule has 3 rings (SSSR count). The number of halogens is 2. The maximum Gasteiger partial charge on any atom is 0.277 e. The minimum Gasteiger partial charge on any atom is -0.376 e. The number of hydrogen-bond acceptors (Lipinski definition) is 4. The average molecular weight is 345 g/mol. The topological polar surface area (TPSA) is 71.2 Å². The first-order valence-corrected chi connectivity index (χ1v) is 7.62. The number of benzene rings is 1. The van der Waals surface area contributed by atoms with Crippen molar-refractivity contribution in [3.05, 3.63) is 55.1 Å². The summed E-state index contributed by atoms with van der Waals surface area (Å²) < 4.78 is 7.68. The molecule has 2 N–H and O–H groups in total. The Morgan fingerprint density at radius 3 is 2.43 bits per heavy atom. The molecule has 0 atom stereocenters. The van der Waals surface area contributed by atoms with Crippen LogP contribution in [0.15, 0.2) is 29.1 Å². The van der Waals surface area contributed by atoms with Crippen LogP contribution in [0.3, 0.4) is 0 Å². The molecule has 1 aliphatic rings. The Bertz CT molecular complexity index is 735. The highest BCUT2D eigenvalue weighted by Gasteiger charge is 2.42. The molecule has 1 aromatic heterocycles. The van der Waals surface area contributed by atoms with Crippen molar-refractivity contribution in [1.29, 1.82) is 0 Å². The quantitative estimate of drug-likeness (QED) is 0.897. The van der Waals surface area contributed by atoms with E-state index >= 15 is 0 Å². The van der Waals surface area contributed by atoms with Crippen molar-refractivity contribution in [3.63, 3.8) is 0 Å². The Morgan fingerprint density at radius 1 is 1.29 bits per heavy atom. The number of nitrogens with one attached hydrogen (secondary N) is 2. The molecule has 1 aromatic carbocycles. The molecule has 110 valence electrons. The second kappa shape index (κ2) is 5.46.